The molecule has 0 radical (unpaired) electrons. The fraction of sp³-hybridized carbons (Fsp3) is 0.240. The SMILES string of the molecule is C[C@@H]1CCc2c(sc(NC(=O)COC(=O)c3ccc(S(=O)(=O)Nc4ccccc4)cc3)c2C#N)C1. The van der Waals surface area contributed by atoms with E-state index in [2.05, 4.69) is 23.0 Å². The lowest BCUT2D eigenvalue weighted by atomic mass is 9.89. The van der Waals surface area contributed by atoms with E-state index in [0.717, 1.165) is 29.7 Å². The molecule has 35 heavy (non-hydrogen) atoms. The highest BCUT2D eigenvalue weighted by Gasteiger charge is 2.25. The van der Waals surface area contributed by atoms with E-state index in [-0.39, 0.29) is 10.5 Å². The van der Waals surface area contributed by atoms with Crippen molar-refractivity contribution < 1.29 is 22.7 Å². The summed E-state index contributed by atoms with van der Waals surface area (Å²) in [6, 6.07) is 15.8. The van der Waals surface area contributed by atoms with Crippen LogP contribution in [-0.2, 0) is 32.4 Å². The number of amides is 1. The average molecular weight is 510 g/mol. The Hall–Kier alpha value is -3.68. The maximum atomic E-state index is 12.5. The Bertz CT molecular complexity index is 1390. The summed E-state index contributed by atoms with van der Waals surface area (Å²) in [5.74, 6) is -0.777. The van der Waals surface area contributed by atoms with Crippen LogP contribution in [-0.4, -0.2) is 26.9 Å². The van der Waals surface area contributed by atoms with Crippen molar-refractivity contribution in [2.75, 3.05) is 16.6 Å². The molecule has 0 spiro atoms. The molecule has 0 saturated carbocycles. The van der Waals surface area contributed by atoms with Crippen molar-refractivity contribution in [2.45, 2.75) is 31.1 Å². The van der Waals surface area contributed by atoms with Crippen LogP contribution >= 0.6 is 11.3 Å². The van der Waals surface area contributed by atoms with Crippen molar-refractivity contribution in [3.63, 3.8) is 0 Å². The lowest BCUT2D eigenvalue weighted by Gasteiger charge is -2.17. The van der Waals surface area contributed by atoms with Gasteiger partial charge >= 0.3 is 5.97 Å². The molecule has 0 aliphatic heterocycles. The summed E-state index contributed by atoms with van der Waals surface area (Å²) in [7, 11) is -3.82. The van der Waals surface area contributed by atoms with Crippen molar-refractivity contribution in [2.24, 2.45) is 5.92 Å². The molecule has 1 aromatic heterocycles. The van der Waals surface area contributed by atoms with Crippen molar-refractivity contribution in [1.29, 1.82) is 5.26 Å². The smallest absolute Gasteiger partial charge is 0.338 e. The maximum absolute atomic E-state index is 12.5. The van der Waals surface area contributed by atoms with E-state index < -0.39 is 28.5 Å². The molecule has 1 aliphatic rings. The Morgan fingerprint density at radius 1 is 1.14 bits per heavy atom. The first-order chi connectivity index (χ1) is 16.8. The van der Waals surface area contributed by atoms with Gasteiger partial charge in [0.25, 0.3) is 15.9 Å². The third-order valence-corrected chi connectivity index (χ3v) is 8.20. The third-order valence-electron chi connectivity index (χ3n) is 5.64. The number of nitrogens with one attached hydrogen (secondary N) is 2. The highest BCUT2D eigenvalue weighted by atomic mass is 32.2. The largest absolute Gasteiger partial charge is 0.452 e. The van der Waals surface area contributed by atoms with Crippen LogP contribution in [0.4, 0.5) is 10.7 Å². The Morgan fingerprint density at radius 2 is 1.86 bits per heavy atom. The zero-order valence-corrected chi connectivity index (χ0v) is 20.5. The lowest BCUT2D eigenvalue weighted by molar-refractivity contribution is -0.119. The number of carbonyl (C=O) groups is 2. The quantitative estimate of drug-likeness (QED) is 0.457. The van der Waals surface area contributed by atoms with Gasteiger partial charge in [0.2, 0.25) is 0 Å². The topological polar surface area (TPSA) is 125 Å². The standard InChI is InChI=1S/C25H23N3O5S2/c1-16-7-12-20-21(14-26)24(34-22(20)13-16)27-23(29)15-33-25(30)17-8-10-19(11-9-17)35(31,32)28-18-5-3-2-4-6-18/h2-6,8-11,16,28H,7,12-13,15H2,1H3,(H,27,29)/t16-/m1/s1. The van der Waals surface area contributed by atoms with E-state index in [4.69, 9.17) is 4.74 Å². The predicted octanol–water partition coefficient (Wildman–Crippen LogP) is 4.34. The number of hydrogen-bond acceptors (Lipinski definition) is 7. The van der Waals surface area contributed by atoms with Gasteiger partial charge in [-0.05, 0) is 67.1 Å². The van der Waals surface area contributed by atoms with Gasteiger partial charge in [-0.25, -0.2) is 13.2 Å². The molecule has 0 saturated heterocycles. The van der Waals surface area contributed by atoms with Crippen LogP contribution in [0.3, 0.4) is 0 Å². The molecular formula is C25H23N3O5S2. The number of thiophene rings is 1. The van der Waals surface area contributed by atoms with Crippen LogP contribution in [0.15, 0.2) is 59.5 Å². The molecule has 3 aromatic rings. The van der Waals surface area contributed by atoms with E-state index in [1.54, 1.807) is 30.3 Å². The number of nitriles is 1. The second-order valence-corrected chi connectivity index (χ2v) is 11.1. The normalized spacial score (nSPS) is 14.9. The van der Waals surface area contributed by atoms with Gasteiger partial charge in [0.05, 0.1) is 16.0 Å². The lowest BCUT2D eigenvalue weighted by Crippen LogP contribution is -2.21. The van der Waals surface area contributed by atoms with Crippen LogP contribution in [0.25, 0.3) is 0 Å². The van der Waals surface area contributed by atoms with E-state index in [9.17, 15) is 23.3 Å². The molecule has 2 aromatic carbocycles. The highest BCUT2D eigenvalue weighted by molar-refractivity contribution is 7.92. The number of carbonyl (C=O) groups excluding carboxylic acids is 2. The number of para-hydroxylation sites is 1. The van der Waals surface area contributed by atoms with Crippen molar-refractivity contribution in [3.05, 3.63) is 76.2 Å². The minimum absolute atomic E-state index is 0.0179. The van der Waals surface area contributed by atoms with Crippen LogP contribution < -0.4 is 10.0 Å². The molecule has 1 atom stereocenters. The van der Waals surface area contributed by atoms with Crippen LogP contribution in [0.2, 0.25) is 0 Å². The zero-order valence-electron chi connectivity index (χ0n) is 18.9. The molecule has 0 bridgehead atoms. The van der Waals surface area contributed by atoms with Crippen molar-refractivity contribution >= 4 is 43.9 Å². The summed E-state index contributed by atoms with van der Waals surface area (Å²) in [5, 5.41) is 12.7. The molecule has 1 heterocycles. The minimum Gasteiger partial charge on any atom is -0.452 e. The fourth-order valence-electron chi connectivity index (χ4n) is 3.82. The fourth-order valence-corrected chi connectivity index (χ4v) is 6.26. The van der Waals surface area contributed by atoms with Gasteiger partial charge in [0.15, 0.2) is 6.61 Å². The van der Waals surface area contributed by atoms with Gasteiger partial charge in [-0.15, -0.1) is 11.3 Å². The van der Waals surface area contributed by atoms with E-state index in [0.29, 0.717) is 22.2 Å². The number of hydrogen-bond donors (Lipinski definition) is 2. The summed E-state index contributed by atoms with van der Waals surface area (Å²) in [5.41, 5.74) is 2.01. The molecule has 0 unspecified atom stereocenters. The molecule has 4 rings (SSSR count). The number of sulfonamides is 1. The molecule has 10 heteroatoms. The minimum atomic E-state index is -3.82. The summed E-state index contributed by atoms with van der Waals surface area (Å²) < 4.78 is 32.6. The van der Waals surface area contributed by atoms with Gasteiger partial charge in [-0.1, -0.05) is 25.1 Å². The third kappa shape index (κ3) is 5.70. The maximum Gasteiger partial charge on any atom is 0.338 e. The molecule has 2 N–H and O–H groups in total. The first kappa shape index (κ1) is 24.4. The summed E-state index contributed by atoms with van der Waals surface area (Å²) in [4.78, 5) is 25.8. The Kier molecular flexibility index (Phi) is 7.19. The van der Waals surface area contributed by atoms with Crippen LogP contribution in [0.1, 0.15) is 39.7 Å². The number of rotatable bonds is 7. The second-order valence-electron chi connectivity index (χ2n) is 8.29. The second kappa shape index (κ2) is 10.3. The Labute approximate surface area is 207 Å². The van der Waals surface area contributed by atoms with Gasteiger partial charge in [0.1, 0.15) is 11.1 Å². The number of benzene rings is 2. The molecular weight excluding hydrogens is 486 g/mol. The summed E-state index contributed by atoms with van der Waals surface area (Å²) in [6.07, 6.45) is 2.70. The summed E-state index contributed by atoms with van der Waals surface area (Å²) >= 11 is 1.40. The molecule has 8 nitrogen and oxygen atoms in total. The molecule has 180 valence electrons. The Morgan fingerprint density at radius 3 is 2.54 bits per heavy atom. The van der Waals surface area contributed by atoms with Gasteiger partial charge in [-0.2, -0.15) is 5.26 Å². The van der Waals surface area contributed by atoms with Crippen molar-refractivity contribution in [3.8, 4) is 6.07 Å². The highest BCUT2D eigenvalue weighted by Crippen LogP contribution is 2.39. The average Bonchev–Trinajstić information content (AvgIpc) is 3.18. The molecule has 1 amide bonds. The number of ether oxygens (including phenoxy) is 1. The van der Waals surface area contributed by atoms with Crippen LogP contribution in [0, 0.1) is 17.2 Å². The monoisotopic (exact) mass is 509 g/mol. The van der Waals surface area contributed by atoms with Crippen molar-refractivity contribution in [1.82, 2.24) is 0 Å². The molecule has 1 aliphatic carbocycles. The van der Waals surface area contributed by atoms with E-state index in [1.165, 1.54) is 35.6 Å². The predicted molar refractivity (Wildman–Crippen MR) is 133 cm³/mol. The summed E-state index contributed by atoms with van der Waals surface area (Å²) in [6.45, 7) is 1.63. The number of esters is 1. The first-order valence-corrected chi connectivity index (χ1v) is 13.3. The molecule has 0 fully saturated rings. The Balaban J connectivity index is 1.35. The van der Waals surface area contributed by atoms with E-state index in [1.807, 2.05) is 0 Å². The van der Waals surface area contributed by atoms with Gasteiger partial charge in [-0.3, -0.25) is 9.52 Å². The number of nitrogens with zero attached hydrogens (tertiary/aromatic N) is 1. The van der Waals surface area contributed by atoms with Gasteiger partial charge < -0.3 is 10.1 Å². The zero-order chi connectivity index (χ0) is 25.0. The van der Waals surface area contributed by atoms with Gasteiger partial charge in [0, 0.05) is 10.6 Å². The first-order valence-electron chi connectivity index (χ1n) is 11.0. The van der Waals surface area contributed by atoms with Crippen LogP contribution in [0.5, 0.6) is 0 Å². The van der Waals surface area contributed by atoms with E-state index >= 15 is 0 Å². The number of anilines is 2. The number of fused-ring (bicyclic) bond motifs is 1.